The number of nitrogens with zero attached hydrogens (tertiary/aromatic N) is 3. The molecule has 1 aromatic heterocycles. The van der Waals surface area contributed by atoms with Crippen LogP contribution < -0.4 is 0 Å². The lowest BCUT2D eigenvalue weighted by molar-refractivity contribution is 0.167. The van der Waals surface area contributed by atoms with Crippen LogP contribution in [0.5, 0.6) is 0 Å². The number of rotatable bonds is 6. The molecule has 3 heterocycles. The van der Waals surface area contributed by atoms with E-state index in [0.29, 0.717) is 29.6 Å². The van der Waals surface area contributed by atoms with E-state index in [2.05, 4.69) is 40.2 Å². The molecule has 2 aliphatic rings. The summed E-state index contributed by atoms with van der Waals surface area (Å²) < 4.78 is 0. The van der Waals surface area contributed by atoms with Crippen molar-refractivity contribution in [3.63, 3.8) is 0 Å². The van der Waals surface area contributed by atoms with E-state index in [1.807, 2.05) is 18.7 Å². The summed E-state index contributed by atoms with van der Waals surface area (Å²) in [5, 5.41) is 19.8. The van der Waals surface area contributed by atoms with Gasteiger partial charge in [-0.15, -0.1) is 11.3 Å². The van der Waals surface area contributed by atoms with Crippen LogP contribution >= 0.6 is 11.3 Å². The second-order valence-electron chi connectivity index (χ2n) is 8.25. The van der Waals surface area contributed by atoms with E-state index in [1.165, 1.54) is 18.4 Å². The van der Waals surface area contributed by atoms with E-state index in [9.17, 15) is 5.11 Å². The zero-order valence-electron chi connectivity index (χ0n) is 17.3. The van der Waals surface area contributed by atoms with Crippen LogP contribution in [0.1, 0.15) is 40.4 Å². The van der Waals surface area contributed by atoms with Gasteiger partial charge in [-0.3, -0.25) is 10.3 Å². The van der Waals surface area contributed by atoms with Crippen LogP contribution in [-0.4, -0.2) is 51.9 Å². The first-order valence-electron chi connectivity index (χ1n) is 10.5. The van der Waals surface area contributed by atoms with Gasteiger partial charge >= 0.3 is 0 Å². The smallest absolute Gasteiger partial charge is 0.135 e. The molecule has 0 bridgehead atoms. The zero-order chi connectivity index (χ0) is 20.4. The molecule has 2 N–H and O–H groups in total. The third kappa shape index (κ3) is 4.54. The third-order valence-electron chi connectivity index (χ3n) is 6.19. The minimum absolute atomic E-state index is 0.293. The highest BCUT2D eigenvalue weighted by molar-refractivity contribution is 7.13. The highest BCUT2D eigenvalue weighted by atomic mass is 32.1. The molecule has 29 heavy (non-hydrogen) atoms. The molecule has 4 rings (SSSR count). The maximum Gasteiger partial charge on any atom is 0.135 e. The van der Waals surface area contributed by atoms with E-state index in [4.69, 9.17) is 5.41 Å². The summed E-state index contributed by atoms with van der Waals surface area (Å²) in [6.45, 7) is 8.62. The van der Waals surface area contributed by atoms with Gasteiger partial charge in [0.15, 0.2) is 0 Å². The zero-order valence-corrected chi connectivity index (χ0v) is 18.1. The molecule has 0 aliphatic carbocycles. The highest BCUT2D eigenvalue weighted by Gasteiger charge is 2.31. The van der Waals surface area contributed by atoms with Crippen LogP contribution in [0.25, 0.3) is 5.57 Å². The van der Waals surface area contributed by atoms with Crippen LogP contribution in [0, 0.1) is 25.2 Å². The van der Waals surface area contributed by atoms with Gasteiger partial charge in [0, 0.05) is 18.0 Å². The monoisotopic (exact) mass is 410 g/mol. The molecule has 0 unspecified atom stereocenters. The minimum Gasteiger partial charge on any atom is -0.510 e. The van der Waals surface area contributed by atoms with E-state index in [-0.39, 0.29) is 0 Å². The van der Waals surface area contributed by atoms with Crippen LogP contribution in [0.15, 0.2) is 36.1 Å². The Morgan fingerprint density at radius 1 is 1.17 bits per heavy atom. The molecule has 2 aromatic rings. The molecule has 0 saturated carbocycles. The van der Waals surface area contributed by atoms with Crippen molar-refractivity contribution in [3.8, 4) is 0 Å². The number of piperidine rings is 1. The first-order valence-corrected chi connectivity index (χ1v) is 11.3. The molecule has 2 aliphatic heterocycles. The number of aliphatic hydroxyl groups excluding tert-OH is 1. The molecule has 0 radical (unpaired) electrons. The predicted molar refractivity (Wildman–Crippen MR) is 119 cm³/mol. The Morgan fingerprint density at radius 2 is 1.90 bits per heavy atom. The summed E-state index contributed by atoms with van der Waals surface area (Å²) in [5.41, 5.74) is 3.00. The van der Waals surface area contributed by atoms with E-state index < -0.39 is 0 Å². The summed E-state index contributed by atoms with van der Waals surface area (Å²) in [5.74, 6) is 1.42. The summed E-state index contributed by atoms with van der Waals surface area (Å²) in [4.78, 5) is 10.2. The number of hydrogen-bond acceptors (Lipinski definition) is 5. The average Bonchev–Trinajstić information content (AvgIpc) is 3.19. The lowest BCUT2D eigenvalue weighted by atomic mass is 9.93. The van der Waals surface area contributed by atoms with Crippen molar-refractivity contribution in [2.75, 3.05) is 26.2 Å². The van der Waals surface area contributed by atoms with Gasteiger partial charge in [0.05, 0.1) is 17.8 Å². The molecule has 154 valence electrons. The Morgan fingerprint density at radius 3 is 2.55 bits per heavy atom. The SMILES string of the molecule is Cc1nc(C2=C(O)CN(CCC3CCN(Cc4ccccc4)CC3)C2=N)sc1C. The van der Waals surface area contributed by atoms with Crippen LogP contribution in [0.4, 0.5) is 0 Å². The van der Waals surface area contributed by atoms with Gasteiger partial charge in [-0.05, 0) is 57.7 Å². The lowest BCUT2D eigenvalue weighted by Crippen LogP contribution is -2.35. The normalized spacial score (nSPS) is 18.8. The molecule has 0 spiro atoms. The molecule has 1 aromatic carbocycles. The quantitative estimate of drug-likeness (QED) is 0.729. The third-order valence-corrected chi connectivity index (χ3v) is 7.28. The number of likely N-dealkylation sites (tertiary alicyclic amines) is 1. The van der Waals surface area contributed by atoms with E-state index in [0.717, 1.165) is 48.2 Å². The van der Waals surface area contributed by atoms with Crippen molar-refractivity contribution in [2.24, 2.45) is 5.92 Å². The van der Waals surface area contributed by atoms with Crippen molar-refractivity contribution in [2.45, 2.75) is 39.7 Å². The Hall–Kier alpha value is -2.18. The maximum absolute atomic E-state index is 10.5. The van der Waals surface area contributed by atoms with Crippen molar-refractivity contribution in [1.82, 2.24) is 14.8 Å². The molecule has 0 atom stereocenters. The van der Waals surface area contributed by atoms with E-state index >= 15 is 0 Å². The van der Waals surface area contributed by atoms with E-state index in [1.54, 1.807) is 11.3 Å². The van der Waals surface area contributed by atoms with Gasteiger partial charge in [0.25, 0.3) is 0 Å². The molecular weight excluding hydrogens is 380 g/mol. The first-order chi connectivity index (χ1) is 14.0. The van der Waals surface area contributed by atoms with Gasteiger partial charge in [-0.1, -0.05) is 30.3 Å². The second kappa shape index (κ2) is 8.67. The molecule has 5 nitrogen and oxygen atoms in total. The number of aryl methyl sites for hydroxylation is 2. The predicted octanol–water partition coefficient (Wildman–Crippen LogP) is 4.62. The summed E-state index contributed by atoms with van der Waals surface area (Å²) in [6, 6.07) is 10.7. The largest absolute Gasteiger partial charge is 0.510 e. The van der Waals surface area contributed by atoms with Crippen molar-refractivity contribution in [1.29, 1.82) is 5.41 Å². The summed E-state index contributed by atoms with van der Waals surface area (Å²) in [6.07, 6.45) is 3.51. The molecular formula is C23H30N4OS. The van der Waals surface area contributed by atoms with Crippen LogP contribution in [-0.2, 0) is 6.54 Å². The van der Waals surface area contributed by atoms with Gasteiger partial charge in [0.1, 0.15) is 16.6 Å². The number of hydrogen-bond donors (Lipinski definition) is 2. The topological polar surface area (TPSA) is 63.5 Å². The Kier molecular flexibility index (Phi) is 6.01. The summed E-state index contributed by atoms with van der Waals surface area (Å²) >= 11 is 1.57. The van der Waals surface area contributed by atoms with Crippen LogP contribution in [0.2, 0.25) is 0 Å². The molecule has 1 fully saturated rings. The number of aliphatic hydroxyl groups is 1. The number of aromatic nitrogens is 1. The number of thiazole rings is 1. The van der Waals surface area contributed by atoms with Crippen molar-refractivity contribution >= 4 is 22.7 Å². The number of amidine groups is 1. The first kappa shape index (κ1) is 20.1. The minimum atomic E-state index is 0.293. The molecule has 6 heteroatoms. The van der Waals surface area contributed by atoms with Gasteiger partial charge < -0.3 is 10.0 Å². The summed E-state index contributed by atoms with van der Waals surface area (Å²) in [7, 11) is 0. The van der Waals surface area contributed by atoms with Crippen molar-refractivity contribution in [3.05, 3.63) is 57.2 Å². The van der Waals surface area contributed by atoms with Gasteiger partial charge in [-0.25, -0.2) is 4.98 Å². The number of nitrogens with one attached hydrogen (secondary N) is 1. The number of benzene rings is 1. The fourth-order valence-corrected chi connectivity index (χ4v) is 5.22. The lowest BCUT2D eigenvalue weighted by Gasteiger charge is -2.33. The Labute approximate surface area is 177 Å². The fraction of sp³-hybridized carbons (Fsp3) is 0.478. The highest BCUT2D eigenvalue weighted by Crippen LogP contribution is 2.32. The maximum atomic E-state index is 10.5. The van der Waals surface area contributed by atoms with Crippen molar-refractivity contribution < 1.29 is 5.11 Å². The molecule has 0 amide bonds. The Bertz CT molecular complexity index is 877. The van der Waals surface area contributed by atoms with Gasteiger partial charge in [-0.2, -0.15) is 0 Å². The fourth-order valence-electron chi connectivity index (χ4n) is 4.24. The Balaban J connectivity index is 1.26. The molecule has 1 saturated heterocycles. The second-order valence-corrected chi connectivity index (χ2v) is 9.45. The van der Waals surface area contributed by atoms with Crippen LogP contribution in [0.3, 0.4) is 0 Å². The van der Waals surface area contributed by atoms with Gasteiger partial charge in [0.2, 0.25) is 0 Å². The standard InChI is InChI=1S/C23H30N4OS/c1-16-17(2)29-23(25-16)21-20(28)15-27(22(21)24)13-10-18-8-11-26(12-9-18)14-19-6-4-3-5-7-19/h3-7,18,24,28H,8-15H2,1-2H3. The average molecular weight is 411 g/mol.